The first-order valence-corrected chi connectivity index (χ1v) is 7.34. The Morgan fingerprint density at radius 1 is 1.42 bits per heavy atom. The van der Waals surface area contributed by atoms with Crippen LogP contribution in [0.2, 0.25) is 0 Å². The number of likely N-dealkylation sites (tertiary alicyclic amines) is 1. The van der Waals surface area contributed by atoms with Gasteiger partial charge in [-0.15, -0.1) is 0 Å². The summed E-state index contributed by atoms with van der Waals surface area (Å²) < 4.78 is 5.89. The summed E-state index contributed by atoms with van der Waals surface area (Å²) in [6.07, 6.45) is 3.37. The van der Waals surface area contributed by atoms with Crippen LogP contribution in [0.4, 0.5) is 0 Å². The minimum Gasteiger partial charge on any atom is -0.464 e. The van der Waals surface area contributed by atoms with Crippen molar-refractivity contribution in [3.05, 3.63) is 23.7 Å². The molecule has 2 heterocycles. The van der Waals surface area contributed by atoms with Gasteiger partial charge in [0, 0.05) is 19.0 Å². The number of aryl methyl sites for hydroxylation is 1. The lowest BCUT2D eigenvalue weighted by Gasteiger charge is -2.38. The molecular weight excluding hydrogens is 238 g/mol. The van der Waals surface area contributed by atoms with E-state index in [9.17, 15) is 0 Å². The SMILES string of the molecule is CCc1ccc(C(CN)N(C)C2CCN(C)CC2)o1. The van der Waals surface area contributed by atoms with Gasteiger partial charge in [0.1, 0.15) is 11.5 Å². The van der Waals surface area contributed by atoms with E-state index in [1.54, 1.807) is 0 Å². The number of hydrogen-bond donors (Lipinski definition) is 1. The number of hydrogen-bond acceptors (Lipinski definition) is 4. The zero-order valence-electron chi connectivity index (χ0n) is 12.4. The first-order chi connectivity index (χ1) is 9.15. The Balaban J connectivity index is 2.04. The fourth-order valence-electron chi connectivity index (χ4n) is 2.90. The first kappa shape index (κ1) is 14.6. The zero-order valence-corrected chi connectivity index (χ0v) is 12.4. The molecule has 108 valence electrons. The highest BCUT2D eigenvalue weighted by Gasteiger charge is 2.27. The summed E-state index contributed by atoms with van der Waals surface area (Å²) in [5.41, 5.74) is 5.98. The van der Waals surface area contributed by atoms with Crippen molar-refractivity contribution in [2.24, 2.45) is 5.73 Å². The van der Waals surface area contributed by atoms with Gasteiger partial charge in [0.05, 0.1) is 6.04 Å². The van der Waals surface area contributed by atoms with Crippen molar-refractivity contribution in [1.29, 1.82) is 0 Å². The van der Waals surface area contributed by atoms with Crippen molar-refractivity contribution in [1.82, 2.24) is 9.80 Å². The molecule has 0 amide bonds. The Kier molecular flexibility index (Phi) is 5.02. The molecular formula is C15H27N3O. The van der Waals surface area contributed by atoms with Crippen molar-refractivity contribution >= 4 is 0 Å². The Labute approximate surface area is 116 Å². The lowest BCUT2D eigenvalue weighted by molar-refractivity contribution is 0.0992. The maximum absolute atomic E-state index is 5.98. The quantitative estimate of drug-likeness (QED) is 0.883. The summed E-state index contributed by atoms with van der Waals surface area (Å²) in [6, 6.07) is 4.97. The molecule has 1 aliphatic rings. The van der Waals surface area contributed by atoms with Crippen molar-refractivity contribution in [3.8, 4) is 0 Å². The molecule has 0 aliphatic carbocycles. The van der Waals surface area contributed by atoms with Crippen LogP contribution in [0, 0.1) is 0 Å². The van der Waals surface area contributed by atoms with E-state index >= 15 is 0 Å². The molecule has 0 saturated carbocycles. The standard InChI is InChI=1S/C15H27N3O/c1-4-13-5-6-15(19-13)14(11-16)18(3)12-7-9-17(2)10-8-12/h5-6,12,14H,4,7-11,16H2,1-3H3. The normalized spacial score (nSPS) is 20.1. The predicted octanol–water partition coefficient (Wildman–Crippen LogP) is 1.87. The van der Waals surface area contributed by atoms with E-state index in [1.807, 2.05) is 0 Å². The molecule has 2 rings (SSSR count). The molecule has 0 spiro atoms. The van der Waals surface area contributed by atoms with Crippen LogP contribution in [0.15, 0.2) is 16.5 Å². The van der Waals surface area contributed by atoms with Crippen LogP contribution in [-0.2, 0) is 6.42 Å². The minimum absolute atomic E-state index is 0.203. The number of nitrogens with two attached hydrogens (primary N) is 1. The number of rotatable bonds is 5. The second-order valence-corrected chi connectivity index (χ2v) is 5.61. The lowest BCUT2D eigenvalue weighted by atomic mass is 10.0. The third kappa shape index (κ3) is 3.38. The van der Waals surface area contributed by atoms with Crippen molar-refractivity contribution in [3.63, 3.8) is 0 Å². The molecule has 4 nitrogen and oxygen atoms in total. The van der Waals surface area contributed by atoms with Gasteiger partial charge in [-0.25, -0.2) is 0 Å². The van der Waals surface area contributed by atoms with Crippen LogP contribution in [0.25, 0.3) is 0 Å². The van der Waals surface area contributed by atoms with Crippen LogP contribution >= 0.6 is 0 Å². The summed E-state index contributed by atoms with van der Waals surface area (Å²) in [4.78, 5) is 4.80. The molecule has 0 bridgehead atoms. The summed E-state index contributed by atoms with van der Waals surface area (Å²) in [5, 5.41) is 0. The van der Waals surface area contributed by atoms with Crippen molar-refractivity contribution < 1.29 is 4.42 Å². The molecule has 19 heavy (non-hydrogen) atoms. The fraction of sp³-hybridized carbons (Fsp3) is 0.733. The first-order valence-electron chi connectivity index (χ1n) is 7.34. The maximum atomic E-state index is 5.98. The van der Waals surface area contributed by atoms with Crippen LogP contribution in [0.1, 0.15) is 37.3 Å². The molecule has 1 unspecified atom stereocenters. The molecule has 1 aromatic rings. The van der Waals surface area contributed by atoms with E-state index in [-0.39, 0.29) is 6.04 Å². The van der Waals surface area contributed by atoms with Crippen molar-refractivity contribution in [2.45, 2.75) is 38.3 Å². The average molecular weight is 265 g/mol. The second-order valence-electron chi connectivity index (χ2n) is 5.61. The van der Waals surface area contributed by atoms with Gasteiger partial charge in [-0.05, 0) is 52.2 Å². The molecule has 1 atom stereocenters. The fourth-order valence-corrected chi connectivity index (χ4v) is 2.90. The molecule has 1 saturated heterocycles. The number of nitrogens with zero attached hydrogens (tertiary/aromatic N) is 2. The molecule has 0 radical (unpaired) electrons. The highest BCUT2D eigenvalue weighted by Crippen LogP contribution is 2.26. The van der Waals surface area contributed by atoms with Crippen LogP contribution in [0.5, 0.6) is 0 Å². The van der Waals surface area contributed by atoms with E-state index in [1.165, 1.54) is 25.9 Å². The van der Waals surface area contributed by atoms with E-state index in [0.29, 0.717) is 12.6 Å². The minimum atomic E-state index is 0.203. The monoisotopic (exact) mass is 265 g/mol. The average Bonchev–Trinajstić information content (AvgIpc) is 2.89. The molecule has 2 N–H and O–H groups in total. The largest absolute Gasteiger partial charge is 0.464 e. The molecule has 1 aromatic heterocycles. The van der Waals surface area contributed by atoms with Gasteiger partial charge < -0.3 is 15.1 Å². The van der Waals surface area contributed by atoms with Gasteiger partial charge in [-0.1, -0.05) is 6.92 Å². The third-order valence-electron chi connectivity index (χ3n) is 4.34. The second kappa shape index (κ2) is 6.55. The van der Waals surface area contributed by atoms with Gasteiger partial charge in [-0.3, -0.25) is 4.90 Å². The van der Waals surface area contributed by atoms with Crippen LogP contribution in [0.3, 0.4) is 0 Å². The predicted molar refractivity (Wildman–Crippen MR) is 78.2 cm³/mol. The summed E-state index contributed by atoms with van der Waals surface area (Å²) in [7, 11) is 4.37. The van der Waals surface area contributed by atoms with Gasteiger partial charge in [0.15, 0.2) is 0 Å². The zero-order chi connectivity index (χ0) is 13.8. The molecule has 4 heteroatoms. The molecule has 1 aliphatic heterocycles. The van der Waals surface area contributed by atoms with Gasteiger partial charge >= 0.3 is 0 Å². The van der Waals surface area contributed by atoms with E-state index in [2.05, 4.69) is 43.0 Å². The van der Waals surface area contributed by atoms with Gasteiger partial charge in [-0.2, -0.15) is 0 Å². The number of likely N-dealkylation sites (N-methyl/N-ethyl adjacent to an activating group) is 1. The van der Waals surface area contributed by atoms with Crippen LogP contribution in [-0.4, -0.2) is 49.6 Å². The Morgan fingerprint density at radius 3 is 2.63 bits per heavy atom. The van der Waals surface area contributed by atoms with Crippen molar-refractivity contribution in [2.75, 3.05) is 33.7 Å². The topological polar surface area (TPSA) is 45.6 Å². The Hall–Kier alpha value is -0.840. The van der Waals surface area contributed by atoms with E-state index in [4.69, 9.17) is 10.2 Å². The van der Waals surface area contributed by atoms with E-state index in [0.717, 1.165) is 17.9 Å². The summed E-state index contributed by atoms with van der Waals surface area (Å²) in [5.74, 6) is 2.06. The number of piperidine rings is 1. The van der Waals surface area contributed by atoms with E-state index < -0.39 is 0 Å². The molecule has 0 aromatic carbocycles. The lowest BCUT2D eigenvalue weighted by Crippen LogP contribution is -2.44. The highest BCUT2D eigenvalue weighted by atomic mass is 16.3. The van der Waals surface area contributed by atoms with Gasteiger partial charge in [0.25, 0.3) is 0 Å². The van der Waals surface area contributed by atoms with Crippen LogP contribution < -0.4 is 5.73 Å². The summed E-state index contributed by atoms with van der Waals surface area (Å²) in [6.45, 7) is 5.07. The molecule has 1 fully saturated rings. The number of furan rings is 1. The highest BCUT2D eigenvalue weighted by molar-refractivity contribution is 5.11. The Morgan fingerprint density at radius 2 is 2.11 bits per heavy atom. The summed E-state index contributed by atoms with van der Waals surface area (Å²) >= 11 is 0. The third-order valence-corrected chi connectivity index (χ3v) is 4.34. The smallest absolute Gasteiger partial charge is 0.122 e. The maximum Gasteiger partial charge on any atom is 0.122 e. The Bertz CT molecular complexity index is 382. The van der Waals surface area contributed by atoms with Gasteiger partial charge in [0.2, 0.25) is 0 Å².